The van der Waals surface area contributed by atoms with Crippen LogP contribution in [0.1, 0.15) is 32.1 Å². The summed E-state index contributed by atoms with van der Waals surface area (Å²) in [5, 5.41) is 9.68. The molecule has 3 aromatic rings. The number of aromatic nitrogens is 3. The highest BCUT2D eigenvalue weighted by Crippen LogP contribution is 2.45. The Labute approximate surface area is 189 Å². The van der Waals surface area contributed by atoms with Gasteiger partial charge in [-0.1, -0.05) is 48.5 Å². The summed E-state index contributed by atoms with van der Waals surface area (Å²) >= 11 is 7.79. The van der Waals surface area contributed by atoms with Crippen molar-refractivity contribution >= 4 is 35.0 Å². The third-order valence-corrected chi connectivity index (χ3v) is 6.02. The number of methoxy groups -OCH3 is 1. The molecule has 0 fully saturated rings. The lowest BCUT2D eigenvalue weighted by molar-refractivity contribution is -0.118. The lowest BCUT2D eigenvalue weighted by Gasteiger charge is -2.30. The molecule has 0 aliphatic carbocycles. The average molecular weight is 457 g/mol. The van der Waals surface area contributed by atoms with Crippen molar-refractivity contribution in [1.29, 1.82) is 0 Å². The van der Waals surface area contributed by atoms with E-state index < -0.39 is 6.23 Å². The van der Waals surface area contributed by atoms with Crippen molar-refractivity contribution in [1.82, 2.24) is 15.2 Å². The van der Waals surface area contributed by atoms with Gasteiger partial charge < -0.3 is 9.47 Å². The Morgan fingerprint density at radius 3 is 2.81 bits per heavy atom. The minimum absolute atomic E-state index is 0.208. The third-order valence-electron chi connectivity index (χ3n) is 4.74. The van der Waals surface area contributed by atoms with Gasteiger partial charge in [-0.3, -0.25) is 9.69 Å². The molecular weight excluding hydrogens is 436 g/mol. The number of hydrogen-bond donors (Lipinski definition) is 0. The summed E-state index contributed by atoms with van der Waals surface area (Å²) in [7, 11) is 1.56. The molecule has 31 heavy (non-hydrogen) atoms. The summed E-state index contributed by atoms with van der Waals surface area (Å²) in [6.07, 6.45) is 0.129. The van der Waals surface area contributed by atoms with Gasteiger partial charge in [0.25, 0.3) is 0 Å². The van der Waals surface area contributed by atoms with E-state index in [1.165, 1.54) is 18.7 Å². The van der Waals surface area contributed by atoms with Gasteiger partial charge in [-0.05, 0) is 30.7 Å². The highest BCUT2D eigenvalue weighted by atomic mass is 35.5. The van der Waals surface area contributed by atoms with E-state index in [0.29, 0.717) is 44.3 Å². The fourth-order valence-corrected chi connectivity index (χ4v) is 4.22. The van der Waals surface area contributed by atoms with Crippen molar-refractivity contribution in [3.8, 4) is 22.9 Å². The summed E-state index contributed by atoms with van der Waals surface area (Å²) in [4.78, 5) is 19.0. The fraction of sp³-hybridized carbons (Fsp3) is 0.273. The summed E-state index contributed by atoms with van der Waals surface area (Å²) in [6.45, 7) is 3.57. The van der Waals surface area contributed by atoms with E-state index in [9.17, 15) is 4.79 Å². The number of thioether (sulfide) groups is 1. The number of carbonyl (C=O) groups excluding carboxylic acids is 1. The van der Waals surface area contributed by atoms with Crippen LogP contribution in [0.2, 0.25) is 5.02 Å². The van der Waals surface area contributed by atoms with E-state index in [-0.39, 0.29) is 5.91 Å². The van der Waals surface area contributed by atoms with Crippen LogP contribution < -0.4 is 14.4 Å². The predicted octanol–water partition coefficient (Wildman–Crippen LogP) is 5.15. The number of para-hydroxylation sites is 1. The van der Waals surface area contributed by atoms with Gasteiger partial charge in [0.1, 0.15) is 5.75 Å². The zero-order valence-electron chi connectivity index (χ0n) is 17.3. The molecule has 160 valence electrons. The standard InChI is InChI=1S/C22H21ClN4O3S/c1-4-11-31-22-24-20-19(25-26-22)15-7-5-6-8-17(15)27(13(2)28)21(30-20)16-12-14(23)9-10-18(16)29-3/h5-10,12,21H,4,11H2,1-3H3/t21-/m0/s1. The predicted molar refractivity (Wildman–Crippen MR) is 121 cm³/mol. The zero-order chi connectivity index (χ0) is 22.0. The number of rotatable bonds is 5. The summed E-state index contributed by atoms with van der Waals surface area (Å²) in [5.74, 6) is 1.50. The molecule has 0 bridgehead atoms. The maximum atomic E-state index is 12.9. The molecule has 2 heterocycles. The van der Waals surface area contributed by atoms with Crippen LogP contribution in [-0.2, 0) is 4.79 Å². The number of ether oxygens (including phenoxy) is 2. The largest absolute Gasteiger partial charge is 0.496 e. The number of halogens is 1. The Bertz CT molecular complexity index is 1130. The Morgan fingerprint density at radius 1 is 1.26 bits per heavy atom. The van der Waals surface area contributed by atoms with Crippen molar-refractivity contribution in [3.63, 3.8) is 0 Å². The van der Waals surface area contributed by atoms with Crippen LogP contribution in [0.4, 0.5) is 5.69 Å². The van der Waals surface area contributed by atoms with Gasteiger partial charge in [-0.2, -0.15) is 4.98 Å². The van der Waals surface area contributed by atoms with Crippen LogP contribution in [-0.4, -0.2) is 34.0 Å². The molecule has 0 unspecified atom stereocenters. The Hall–Kier alpha value is -2.84. The second kappa shape index (κ2) is 9.11. The summed E-state index contributed by atoms with van der Waals surface area (Å²) in [5.41, 5.74) is 2.44. The van der Waals surface area contributed by atoms with Crippen molar-refractivity contribution in [2.45, 2.75) is 31.7 Å². The first-order valence-electron chi connectivity index (χ1n) is 9.80. The second-order valence-electron chi connectivity index (χ2n) is 6.86. The number of carbonyl (C=O) groups is 1. The van der Waals surface area contributed by atoms with Crippen LogP contribution in [0.15, 0.2) is 47.6 Å². The minimum Gasteiger partial charge on any atom is -0.496 e. The van der Waals surface area contributed by atoms with E-state index in [4.69, 9.17) is 21.1 Å². The van der Waals surface area contributed by atoms with Gasteiger partial charge in [0, 0.05) is 23.3 Å². The normalized spacial score (nSPS) is 14.8. The average Bonchev–Trinajstić information content (AvgIpc) is 2.91. The van der Waals surface area contributed by atoms with Gasteiger partial charge in [0.15, 0.2) is 5.69 Å². The van der Waals surface area contributed by atoms with Crippen LogP contribution in [0, 0.1) is 0 Å². The molecule has 1 aliphatic heterocycles. The molecule has 1 amide bonds. The number of benzene rings is 2. The summed E-state index contributed by atoms with van der Waals surface area (Å²) in [6, 6.07) is 12.7. The van der Waals surface area contributed by atoms with Crippen LogP contribution in [0.25, 0.3) is 11.3 Å². The quantitative estimate of drug-likeness (QED) is 0.491. The second-order valence-corrected chi connectivity index (χ2v) is 8.36. The Kier molecular flexibility index (Phi) is 6.29. The molecule has 2 aromatic carbocycles. The summed E-state index contributed by atoms with van der Waals surface area (Å²) < 4.78 is 11.9. The monoisotopic (exact) mass is 456 g/mol. The van der Waals surface area contributed by atoms with Crippen molar-refractivity contribution in [3.05, 3.63) is 53.1 Å². The molecule has 1 aliphatic rings. The van der Waals surface area contributed by atoms with E-state index in [2.05, 4.69) is 22.1 Å². The SMILES string of the molecule is CCCSc1nnc2c(n1)O[C@@H](c1cc(Cl)ccc1OC)N(C(C)=O)c1ccccc1-2. The maximum absolute atomic E-state index is 12.9. The van der Waals surface area contributed by atoms with Gasteiger partial charge in [-0.25, -0.2) is 0 Å². The molecule has 0 spiro atoms. The van der Waals surface area contributed by atoms with E-state index in [1.807, 2.05) is 24.3 Å². The maximum Gasteiger partial charge on any atom is 0.247 e. The molecule has 0 saturated carbocycles. The van der Waals surface area contributed by atoms with Gasteiger partial charge in [-0.15, -0.1) is 10.2 Å². The number of anilines is 1. The molecule has 4 rings (SSSR count). The minimum atomic E-state index is -0.853. The van der Waals surface area contributed by atoms with Gasteiger partial charge in [0.05, 0.1) is 18.4 Å². The van der Waals surface area contributed by atoms with Crippen molar-refractivity contribution in [2.24, 2.45) is 0 Å². The Balaban J connectivity index is 1.94. The first-order valence-corrected chi connectivity index (χ1v) is 11.2. The first-order chi connectivity index (χ1) is 15.0. The topological polar surface area (TPSA) is 77.4 Å². The van der Waals surface area contributed by atoms with Crippen molar-refractivity contribution < 1.29 is 14.3 Å². The van der Waals surface area contributed by atoms with Crippen molar-refractivity contribution in [2.75, 3.05) is 17.8 Å². The molecular formula is C22H21ClN4O3S. The number of amides is 1. The van der Waals surface area contributed by atoms with Crippen LogP contribution in [0.5, 0.6) is 11.6 Å². The van der Waals surface area contributed by atoms with Crippen LogP contribution >= 0.6 is 23.4 Å². The molecule has 0 N–H and O–H groups in total. The fourth-order valence-electron chi connectivity index (χ4n) is 3.41. The molecule has 7 nitrogen and oxygen atoms in total. The number of fused-ring (bicyclic) bond motifs is 3. The molecule has 1 atom stereocenters. The van der Waals surface area contributed by atoms with E-state index in [1.54, 1.807) is 30.2 Å². The molecule has 1 aromatic heterocycles. The van der Waals surface area contributed by atoms with Gasteiger partial charge in [0.2, 0.25) is 23.2 Å². The van der Waals surface area contributed by atoms with Gasteiger partial charge >= 0.3 is 0 Å². The highest BCUT2D eigenvalue weighted by molar-refractivity contribution is 7.99. The van der Waals surface area contributed by atoms with E-state index >= 15 is 0 Å². The molecule has 0 radical (unpaired) electrons. The third kappa shape index (κ3) is 4.18. The molecule has 9 heteroatoms. The van der Waals surface area contributed by atoms with Crippen LogP contribution in [0.3, 0.4) is 0 Å². The lowest BCUT2D eigenvalue weighted by atomic mass is 10.1. The zero-order valence-corrected chi connectivity index (χ0v) is 18.9. The molecule has 0 saturated heterocycles. The Morgan fingerprint density at radius 2 is 2.06 bits per heavy atom. The number of nitrogens with zero attached hydrogens (tertiary/aromatic N) is 4. The first kappa shape index (κ1) is 21.4. The smallest absolute Gasteiger partial charge is 0.247 e. The number of hydrogen-bond acceptors (Lipinski definition) is 7. The lowest BCUT2D eigenvalue weighted by Crippen LogP contribution is -2.36. The van der Waals surface area contributed by atoms with E-state index in [0.717, 1.165) is 12.2 Å². The highest BCUT2D eigenvalue weighted by Gasteiger charge is 2.36.